The Morgan fingerprint density at radius 3 is 2.51 bits per heavy atom. The van der Waals surface area contributed by atoms with Crippen molar-refractivity contribution in [3.63, 3.8) is 0 Å². The molecule has 2 N–H and O–H groups in total. The molecule has 1 fully saturated rings. The van der Waals surface area contributed by atoms with Gasteiger partial charge in [0.25, 0.3) is 5.56 Å². The predicted molar refractivity (Wildman–Crippen MR) is 146 cm³/mol. The number of hydroxylamine groups is 1. The molecule has 13 nitrogen and oxygen atoms in total. The highest BCUT2D eigenvalue weighted by atomic mass is 32.2. The molecule has 0 spiro atoms. The van der Waals surface area contributed by atoms with E-state index in [1.165, 1.54) is 16.4 Å². The third-order valence-electron chi connectivity index (χ3n) is 6.73. The van der Waals surface area contributed by atoms with Crippen LogP contribution in [0, 0.1) is 0 Å². The summed E-state index contributed by atoms with van der Waals surface area (Å²) in [5, 5.41) is 3.34. The second-order valence-electron chi connectivity index (χ2n) is 9.44. The monoisotopic (exact) mass is 584 g/mol. The Bertz CT molecular complexity index is 1380. The molecule has 0 radical (unpaired) electrons. The van der Waals surface area contributed by atoms with Gasteiger partial charge in [0.2, 0.25) is 10.0 Å². The fraction of sp³-hybridized carbons (Fsp3) is 0.583. The van der Waals surface area contributed by atoms with Crippen LogP contribution < -0.4 is 10.6 Å². The van der Waals surface area contributed by atoms with Crippen LogP contribution in [-0.4, -0.2) is 90.4 Å². The lowest BCUT2D eigenvalue weighted by molar-refractivity contribution is -0.184. The molecular weight excluding hydrogens is 547 g/mol. The van der Waals surface area contributed by atoms with E-state index in [0.29, 0.717) is 36.6 Å². The van der Waals surface area contributed by atoms with Gasteiger partial charge in [0.1, 0.15) is 23.8 Å². The number of piperazine rings is 1. The molecule has 1 aromatic carbocycles. The van der Waals surface area contributed by atoms with Crippen LogP contribution in [0.5, 0.6) is 0 Å². The quantitative estimate of drug-likeness (QED) is 0.375. The average molecular weight is 585 g/mol. The minimum atomic E-state index is -3.85. The molecule has 2 unspecified atom stereocenters. The molecule has 216 valence electrons. The topological polar surface area (TPSA) is 149 Å². The van der Waals surface area contributed by atoms with E-state index in [9.17, 15) is 22.7 Å². The van der Waals surface area contributed by atoms with Gasteiger partial charge >= 0.3 is 7.60 Å². The Kier molecular flexibility index (Phi) is 9.29. The lowest BCUT2D eigenvalue weighted by Crippen LogP contribution is -2.48. The SMILES string of the molecule is CCCC1c2nc(-c3cccc(S(=O)(=O)N4CCN(CP(=O)(O)OCC)CC4)c3)[nH]c(=O)c2N(C)N1OCC. The minimum Gasteiger partial charge on any atom is -0.323 e. The van der Waals surface area contributed by atoms with Crippen LogP contribution in [0.3, 0.4) is 0 Å². The van der Waals surface area contributed by atoms with E-state index in [-0.39, 0.29) is 48.3 Å². The molecule has 3 heterocycles. The first kappa shape index (κ1) is 29.8. The number of sulfonamides is 1. The Labute approximate surface area is 228 Å². The van der Waals surface area contributed by atoms with E-state index in [2.05, 4.69) is 4.98 Å². The van der Waals surface area contributed by atoms with Crippen LogP contribution >= 0.6 is 7.60 Å². The maximum absolute atomic E-state index is 13.5. The standard InChI is InChI=1S/C24H37N6O7PS/c1-5-9-20-21-22(27(4)30(20)36-6-2)24(31)26-23(25-21)18-10-8-11-19(16-18)39(34,35)29-14-12-28(13-15-29)17-38(32,33)37-7-3/h8,10-11,16,20H,5-7,9,12-15,17H2,1-4H3,(H,32,33)(H,25,26,31). The lowest BCUT2D eigenvalue weighted by atomic mass is 10.1. The largest absolute Gasteiger partial charge is 0.341 e. The fourth-order valence-corrected chi connectivity index (χ4v) is 7.71. The Hall–Kier alpha value is -2.16. The fourth-order valence-electron chi connectivity index (χ4n) is 4.97. The Balaban J connectivity index is 1.57. The molecule has 39 heavy (non-hydrogen) atoms. The van der Waals surface area contributed by atoms with Crippen molar-refractivity contribution in [1.29, 1.82) is 0 Å². The summed E-state index contributed by atoms with van der Waals surface area (Å²) < 4.78 is 45.3. The molecule has 2 aliphatic rings. The molecule has 2 atom stereocenters. The van der Waals surface area contributed by atoms with Crippen LogP contribution in [0.25, 0.3) is 11.4 Å². The van der Waals surface area contributed by atoms with Gasteiger partial charge in [0.05, 0.1) is 23.8 Å². The third kappa shape index (κ3) is 6.28. The van der Waals surface area contributed by atoms with Crippen LogP contribution in [0.15, 0.2) is 34.0 Å². The second kappa shape index (κ2) is 12.1. The van der Waals surface area contributed by atoms with Gasteiger partial charge in [-0.3, -0.25) is 24.1 Å². The molecule has 0 amide bonds. The molecule has 2 aliphatic heterocycles. The van der Waals surface area contributed by atoms with E-state index in [4.69, 9.17) is 14.3 Å². The number of hydrazine groups is 1. The maximum Gasteiger partial charge on any atom is 0.341 e. The highest BCUT2D eigenvalue weighted by molar-refractivity contribution is 7.89. The summed E-state index contributed by atoms with van der Waals surface area (Å²) in [6, 6.07) is 6.12. The number of hydrogen-bond acceptors (Lipinski definition) is 10. The number of nitrogens with one attached hydrogen (secondary N) is 1. The second-order valence-corrected chi connectivity index (χ2v) is 13.2. The number of aromatic nitrogens is 2. The zero-order chi connectivity index (χ0) is 28.4. The number of benzene rings is 1. The van der Waals surface area contributed by atoms with Crippen molar-refractivity contribution in [2.45, 2.75) is 44.6 Å². The first-order valence-electron chi connectivity index (χ1n) is 13.1. The van der Waals surface area contributed by atoms with Crippen molar-refractivity contribution in [1.82, 2.24) is 24.3 Å². The Morgan fingerprint density at radius 2 is 1.87 bits per heavy atom. The summed E-state index contributed by atoms with van der Waals surface area (Å²) in [6.45, 7) is 7.08. The number of anilines is 1. The highest BCUT2D eigenvalue weighted by Crippen LogP contribution is 2.42. The van der Waals surface area contributed by atoms with Crippen molar-refractivity contribution < 1.29 is 27.2 Å². The van der Waals surface area contributed by atoms with Crippen LogP contribution in [-0.2, 0) is 23.9 Å². The van der Waals surface area contributed by atoms with Gasteiger partial charge in [-0.2, -0.15) is 4.31 Å². The van der Waals surface area contributed by atoms with Crippen LogP contribution in [0.4, 0.5) is 5.69 Å². The van der Waals surface area contributed by atoms with Crippen LogP contribution in [0.2, 0.25) is 0 Å². The molecule has 15 heteroatoms. The highest BCUT2D eigenvalue weighted by Gasteiger charge is 2.39. The molecule has 0 bridgehead atoms. The number of nitrogens with zero attached hydrogens (tertiary/aromatic N) is 5. The Morgan fingerprint density at radius 1 is 1.15 bits per heavy atom. The first-order chi connectivity index (χ1) is 18.5. The van der Waals surface area contributed by atoms with Gasteiger partial charge in [-0.25, -0.2) is 13.4 Å². The summed E-state index contributed by atoms with van der Waals surface area (Å²) in [6.07, 6.45) is 1.44. The van der Waals surface area contributed by atoms with Gasteiger partial charge in [-0.1, -0.05) is 30.6 Å². The summed E-state index contributed by atoms with van der Waals surface area (Å²) >= 11 is 0. The van der Waals surface area contributed by atoms with Gasteiger partial charge in [0, 0.05) is 38.8 Å². The van der Waals surface area contributed by atoms with Gasteiger partial charge in [-0.05, 0) is 32.4 Å². The maximum atomic E-state index is 13.5. The number of fused-ring (bicyclic) bond motifs is 1. The van der Waals surface area contributed by atoms with E-state index in [1.54, 1.807) is 41.2 Å². The molecule has 0 aliphatic carbocycles. The van der Waals surface area contributed by atoms with Gasteiger partial charge < -0.3 is 14.4 Å². The molecule has 1 saturated heterocycles. The number of aromatic amines is 1. The smallest absolute Gasteiger partial charge is 0.323 e. The van der Waals surface area contributed by atoms with Crippen LogP contribution in [0.1, 0.15) is 45.3 Å². The normalized spacial score (nSPS) is 20.7. The summed E-state index contributed by atoms with van der Waals surface area (Å²) in [5.74, 6) is 0.281. The van der Waals surface area contributed by atoms with Crippen molar-refractivity contribution in [2.75, 3.05) is 57.7 Å². The van der Waals surface area contributed by atoms with E-state index >= 15 is 0 Å². The van der Waals surface area contributed by atoms with E-state index < -0.39 is 17.6 Å². The molecule has 0 saturated carbocycles. The summed E-state index contributed by atoms with van der Waals surface area (Å²) in [5.41, 5.74) is 1.13. The summed E-state index contributed by atoms with van der Waals surface area (Å²) in [7, 11) is -5.84. The minimum absolute atomic E-state index is 0.0805. The molecule has 2 aromatic rings. The zero-order valence-corrected chi connectivity index (χ0v) is 24.4. The van der Waals surface area contributed by atoms with Gasteiger partial charge in [0.15, 0.2) is 0 Å². The van der Waals surface area contributed by atoms with Crippen molar-refractivity contribution in [3.05, 3.63) is 40.3 Å². The first-order valence-corrected chi connectivity index (χ1v) is 16.3. The van der Waals surface area contributed by atoms with Crippen molar-refractivity contribution in [3.8, 4) is 11.4 Å². The number of rotatable bonds is 11. The number of hydrogen-bond donors (Lipinski definition) is 2. The van der Waals surface area contributed by atoms with Crippen molar-refractivity contribution >= 4 is 23.3 Å². The third-order valence-corrected chi connectivity index (χ3v) is 10.0. The zero-order valence-electron chi connectivity index (χ0n) is 22.7. The van der Waals surface area contributed by atoms with E-state index in [0.717, 1.165) is 12.8 Å². The lowest BCUT2D eigenvalue weighted by Gasteiger charge is -2.34. The molecule has 4 rings (SSSR count). The predicted octanol–water partition coefficient (Wildman–Crippen LogP) is 2.38. The molecule has 1 aromatic heterocycles. The van der Waals surface area contributed by atoms with Gasteiger partial charge in [-0.15, -0.1) is 0 Å². The summed E-state index contributed by atoms with van der Waals surface area (Å²) in [4.78, 5) is 38.2. The van der Waals surface area contributed by atoms with Crippen molar-refractivity contribution in [2.24, 2.45) is 0 Å². The average Bonchev–Trinajstić information content (AvgIpc) is 3.15. The van der Waals surface area contributed by atoms with E-state index in [1.807, 2.05) is 13.8 Å². The number of H-pyrrole nitrogens is 1. The molecular formula is C24H37N6O7PS.